The Morgan fingerprint density at radius 1 is 1.69 bits per heavy atom. The molecule has 1 saturated heterocycles. The van der Waals surface area contributed by atoms with Gasteiger partial charge in [0.25, 0.3) is 0 Å². The molecule has 5 atom stereocenters. The van der Waals surface area contributed by atoms with Gasteiger partial charge in [0.1, 0.15) is 5.78 Å². The average Bonchev–Trinajstić information content (AvgIpc) is 2.94. The summed E-state index contributed by atoms with van der Waals surface area (Å²) in [6.07, 6.45) is 2.22. The first-order valence-electron chi connectivity index (χ1n) is 5.01. The maximum Gasteiger partial charge on any atom is 0.142 e. The maximum absolute atomic E-state index is 11.6. The number of carbonyl (C=O) groups is 1. The van der Waals surface area contributed by atoms with Crippen molar-refractivity contribution in [3.63, 3.8) is 0 Å². The molecule has 0 unspecified atom stereocenters. The Morgan fingerprint density at radius 3 is 2.85 bits per heavy atom. The van der Waals surface area contributed by atoms with Crippen LogP contribution in [0.3, 0.4) is 0 Å². The molecule has 0 aromatic heterocycles. The molecule has 3 rings (SSSR count). The van der Waals surface area contributed by atoms with Crippen molar-refractivity contribution in [2.75, 3.05) is 6.61 Å². The van der Waals surface area contributed by atoms with Gasteiger partial charge in [0, 0.05) is 12.3 Å². The summed E-state index contributed by atoms with van der Waals surface area (Å²) < 4.78 is 5.39. The lowest BCUT2D eigenvalue weighted by atomic mass is 9.97. The van der Waals surface area contributed by atoms with Crippen LogP contribution in [0.1, 0.15) is 19.8 Å². The molecule has 1 heterocycles. The molecule has 0 aromatic carbocycles. The molecule has 2 aliphatic carbocycles. The fourth-order valence-electron chi connectivity index (χ4n) is 3.31. The van der Waals surface area contributed by atoms with Crippen molar-refractivity contribution in [3.8, 4) is 0 Å². The van der Waals surface area contributed by atoms with E-state index < -0.39 is 0 Å². The lowest BCUT2D eigenvalue weighted by molar-refractivity contribution is -0.124. The van der Waals surface area contributed by atoms with Crippen LogP contribution in [0.25, 0.3) is 0 Å². The van der Waals surface area contributed by atoms with E-state index in [0.717, 1.165) is 6.42 Å². The summed E-state index contributed by atoms with van der Waals surface area (Å²) in [6.45, 7) is 2.07. The minimum Gasteiger partial charge on any atom is -0.395 e. The molecule has 13 heavy (non-hydrogen) atoms. The van der Waals surface area contributed by atoms with Crippen LogP contribution < -0.4 is 0 Å². The molecule has 3 aliphatic rings. The van der Waals surface area contributed by atoms with Crippen molar-refractivity contribution < 1.29 is 14.6 Å². The van der Waals surface area contributed by atoms with E-state index in [-0.39, 0.29) is 23.9 Å². The summed E-state index contributed by atoms with van der Waals surface area (Å²) in [6, 6.07) is 0. The second-order valence-corrected chi connectivity index (χ2v) is 4.60. The maximum atomic E-state index is 11.6. The van der Waals surface area contributed by atoms with E-state index in [1.165, 1.54) is 0 Å². The van der Waals surface area contributed by atoms with E-state index >= 15 is 0 Å². The summed E-state index contributed by atoms with van der Waals surface area (Å²) in [5, 5.41) is 9.29. The summed E-state index contributed by atoms with van der Waals surface area (Å²) in [5.41, 5.74) is -0.366. The molecular formula is C10H14O3. The smallest absolute Gasteiger partial charge is 0.142 e. The monoisotopic (exact) mass is 182 g/mol. The van der Waals surface area contributed by atoms with Crippen LogP contribution in [0.5, 0.6) is 0 Å². The largest absolute Gasteiger partial charge is 0.395 e. The fraction of sp³-hybridized carbons (Fsp3) is 0.900. The van der Waals surface area contributed by atoms with Crippen molar-refractivity contribution in [1.82, 2.24) is 0 Å². The Hall–Kier alpha value is -0.410. The lowest BCUT2D eigenvalue weighted by Gasteiger charge is -2.08. The number of Topliss-reactive ketones (excluding diaryl/α,β-unsaturated/α-hetero) is 1. The lowest BCUT2D eigenvalue weighted by Crippen LogP contribution is -2.22. The summed E-state index contributed by atoms with van der Waals surface area (Å²) >= 11 is 0. The molecule has 0 amide bonds. The third kappa shape index (κ3) is 0.754. The van der Waals surface area contributed by atoms with Crippen molar-refractivity contribution in [1.29, 1.82) is 0 Å². The van der Waals surface area contributed by atoms with E-state index in [1.54, 1.807) is 0 Å². The molecule has 3 heteroatoms. The van der Waals surface area contributed by atoms with Crippen molar-refractivity contribution in [2.24, 2.45) is 17.3 Å². The van der Waals surface area contributed by atoms with Gasteiger partial charge >= 0.3 is 0 Å². The van der Waals surface area contributed by atoms with Crippen LogP contribution in [0.4, 0.5) is 0 Å². The quantitative estimate of drug-likeness (QED) is 0.627. The molecule has 0 radical (unpaired) electrons. The van der Waals surface area contributed by atoms with Crippen LogP contribution in [0.15, 0.2) is 0 Å². The molecular weight excluding hydrogens is 168 g/mol. The Labute approximate surface area is 77.1 Å². The number of ether oxygens (including phenoxy) is 1. The minimum absolute atomic E-state index is 0.0355. The van der Waals surface area contributed by atoms with E-state index in [4.69, 9.17) is 4.74 Å². The average molecular weight is 182 g/mol. The molecule has 1 aliphatic heterocycles. The molecule has 3 nitrogen and oxygen atoms in total. The number of hydrogen-bond acceptors (Lipinski definition) is 3. The molecule has 1 N–H and O–H groups in total. The normalized spacial score (nSPS) is 57.8. The van der Waals surface area contributed by atoms with E-state index in [2.05, 4.69) is 0 Å². The van der Waals surface area contributed by atoms with Gasteiger partial charge in [0.05, 0.1) is 24.2 Å². The zero-order valence-electron chi connectivity index (χ0n) is 7.69. The van der Waals surface area contributed by atoms with Crippen LogP contribution in [0.2, 0.25) is 0 Å². The number of aliphatic hydroxyl groups excluding tert-OH is 1. The first-order chi connectivity index (χ1) is 6.21. The number of rotatable bonds is 2. The Kier molecular flexibility index (Phi) is 1.31. The predicted octanol–water partition coefficient (Wildman–Crippen LogP) is 0.361. The standard InChI is InChI=1S/C10H14O3/c1-5-9(13-5)8-6-2-3-7(12)10(6,8)4-11/h5-6,8-9,11H,2-4H2,1H3/t5-,6-,8+,9+,10+/m1/s1. The third-order valence-electron chi connectivity index (χ3n) is 4.16. The highest BCUT2D eigenvalue weighted by atomic mass is 16.6. The minimum atomic E-state index is -0.366. The van der Waals surface area contributed by atoms with Gasteiger partial charge in [0.2, 0.25) is 0 Å². The highest BCUT2D eigenvalue weighted by Crippen LogP contribution is 2.70. The van der Waals surface area contributed by atoms with Gasteiger partial charge < -0.3 is 9.84 Å². The SMILES string of the molecule is C[C@H]1O[C@@H]1[C@@H]1[C@H]2CCC(=O)[C@@]12CO. The molecule has 2 saturated carbocycles. The molecule has 0 spiro atoms. The molecule has 72 valence electrons. The number of ketones is 1. The Morgan fingerprint density at radius 2 is 2.38 bits per heavy atom. The van der Waals surface area contributed by atoms with Gasteiger partial charge in [-0.3, -0.25) is 4.79 Å². The van der Waals surface area contributed by atoms with Gasteiger partial charge in [-0.1, -0.05) is 0 Å². The summed E-state index contributed by atoms with van der Waals surface area (Å²) in [7, 11) is 0. The van der Waals surface area contributed by atoms with Crippen molar-refractivity contribution >= 4 is 5.78 Å². The van der Waals surface area contributed by atoms with Gasteiger partial charge in [0.15, 0.2) is 0 Å². The van der Waals surface area contributed by atoms with Crippen molar-refractivity contribution in [3.05, 3.63) is 0 Å². The van der Waals surface area contributed by atoms with Crippen LogP contribution in [-0.2, 0) is 9.53 Å². The van der Waals surface area contributed by atoms with Crippen LogP contribution >= 0.6 is 0 Å². The van der Waals surface area contributed by atoms with Crippen LogP contribution in [0, 0.1) is 17.3 Å². The van der Waals surface area contributed by atoms with Gasteiger partial charge in [-0.05, 0) is 19.3 Å². The van der Waals surface area contributed by atoms with Gasteiger partial charge in [-0.15, -0.1) is 0 Å². The number of epoxide rings is 1. The second-order valence-electron chi connectivity index (χ2n) is 4.60. The van der Waals surface area contributed by atoms with E-state index in [1.807, 2.05) is 6.92 Å². The summed E-state index contributed by atoms with van der Waals surface area (Å²) in [5.74, 6) is 1.04. The number of hydrogen-bond donors (Lipinski definition) is 1. The zero-order valence-corrected chi connectivity index (χ0v) is 7.69. The first kappa shape index (κ1) is 7.94. The topological polar surface area (TPSA) is 49.8 Å². The molecule has 0 aromatic rings. The van der Waals surface area contributed by atoms with Crippen molar-refractivity contribution in [2.45, 2.75) is 32.0 Å². The van der Waals surface area contributed by atoms with E-state index in [9.17, 15) is 9.90 Å². The van der Waals surface area contributed by atoms with Crippen LogP contribution in [-0.4, -0.2) is 29.7 Å². The second kappa shape index (κ2) is 2.15. The number of carbonyl (C=O) groups excluding carboxylic acids is 1. The fourth-order valence-corrected chi connectivity index (χ4v) is 3.31. The predicted molar refractivity (Wildman–Crippen MR) is 45.1 cm³/mol. The third-order valence-corrected chi connectivity index (χ3v) is 4.16. The Bertz CT molecular complexity index is 275. The molecule has 0 bridgehead atoms. The Balaban J connectivity index is 1.84. The first-order valence-corrected chi connectivity index (χ1v) is 5.01. The number of fused-ring (bicyclic) bond motifs is 1. The summed E-state index contributed by atoms with van der Waals surface area (Å²) in [4.78, 5) is 11.6. The van der Waals surface area contributed by atoms with Gasteiger partial charge in [-0.2, -0.15) is 0 Å². The zero-order chi connectivity index (χ0) is 9.22. The van der Waals surface area contributed by atoms with E-state index in [0.29, 0.717) is 24.4 Å². The highest BCUT2D eigenvalue weighted by Gasteiger charge is 2.76. The number of aliphatic hydroxyl groups is 1. The molecule has 3 fully saturated rings. The van der Waals surface area contributed by atoms with Gasteiger partial charge in [-0.25, -0.2) is 0 Å². The highest BCUT2D eigenvalue weighted by molar-refractivity contribution is 5.92.